The van der Waals surface area contributed by atoms with Crippen molar-refractivity contribution in [3.05, 3.63) is 23.9 Å². The molecule has 2 atom stereocenters. The molecule has 2 aliphatic heterocycles. The molecule has 7 nitrogen and oxygen atoms in total. The number of β-lactam (4-membered cyclic amide) rings is 1. The number of hydrogen-bond acceptors (Lipinski definition) is 6. The number of carbonyl (C=O) groups excluding carboxylic acids is 3. The molecule has 10 heteroatoms. The molecule has 0 aliphatic carbocycles. The number of fused-ring (bicyclic) bond motifs is 1. The van der Waals surface area contributed by atoms with Crippen molar-refractivity contribution < 1.29 is 23.8 Å². The highest BCUT2D eigenvalue weighted by Crippen LogP contribution is 2.40. The van der Waals surface area contributed by atoms with E-state index in [1.165, 1.54) is 22.7 Å². The summed E-state index contributed by atoms with van der Waals surface area (Å²) in [5.74, 6) is -0.770. The molecule has 1 N–H and O–H groups in total. The molecule has 0 unspecified atom stereocenters. The summed E-state index contributed by atoms with van der Waals surface area (Å²) in [6.07, 6.45) is 0.683. The smallest absolute Gasteiger partial charge is 0.408 e. The second kappa shape index (κ2) is 7.10. The lowest BCUT2D eigenvalue weighted by molar-refractivity contribution is -0.148. The molecule has 0 spiro atoms. The van der Waals surface area contributed by atoms with E-state index < -0.39 is 29.4 Å². The number of nitrogens with zero attached hydrogens (tertiary/aromatic N) is 1. The first kappa shape index (κ1) is 16.8. The van der Waals surface area contributed by atoms with Crippen LogP contribution in [0.5, 0.6) is 0 Å². The average molecular weight is 343 g/mol. The Morgan fingerprint density at radius 3 is 2.91 bits per heavy atom. The van der Waals surface area contributed by atoms with Crippen molar-refractivity contribution in [1.29, 1.82) is 0 Å². The number of thioether (sulfide) groups is 1. The predicted molar refractivity (Wildman–Crippen MR) is 81.2 cm³/mol. The fourth-order valence-corrected chi connectivity index (χ4v) is 3.81. The highest BCUT2D eigenvalue weighted by Gasteiger charge is 2.54. The van der Waals surface area contributed by atoms with E-state index in [2.05, 4.69) is 16.6 Å². The van der Waals surface area contributed by atoms with Gasteiger partial charge in [0.1, 0.15) is 23.7 Å². The predicted octanol–water partition coefficient (Wildman–Crippen LogP) is 0.302. The minimum Gasteiger partial charge on any atom is -0.539 e. The molecule has 2 radical (unpaired) electrons. The Hall–Kier alpha value is -1.61. The zero-order valence-corrected chi connectivity index (χ0v) is 13.0. The van der Waals surface area contributed by atoms with Gasteiger partial charge < -0.3 is 14.7 Å². The summed E-state index contributed by atoms with van der Waals surface area (Å²) in [4.78, 5) is 36.7. The minimum absolute atomic E-state index is 0.0370. The highest BCUT2D eigenvalue weighted by molar-refractivity contribution is 8.00. The van der Waals surface area contributed by atoms with Gasteiger partial charge in [0.25, 0.3) is 5.91 Å². The van der Waals surface area contributed by atoms with Crippen LogP contribution in [0.2, 0.25) is 0 Å². The maximum absolute atomic E-state index is 12.2. The first-order valence-electron chi connectivity index (χ1n) is 6.23. The normalized spacial score (nSPS) is 23.3. The molecular weight excluding hydrogens is 330 g/mol. The van der Waals surface area contributed by atoms with Gasteiger partial charge in [-0.25, -0.2) is 9.59 Å². The maximum Gasteiger partial charge on any atom is 0.408 e. The minimum atomic E-state index is -0.831. The lowest BCUT2D eigenvalue weighted by atomic mass is 10.0. The summed E-state index contributed by atoms with van der Waals surface area (Å²) < 4.78 is 8.98. The summed E-state index contributed by atoms with van der Waals surface area (Å²) in [6, 6.07) is -0.778. The number of carbonyl (C=O) groups is 3. The fraction of sp³-hybridized carbons (Fsp3) is 0.417. The van der Waals surface area contributed by atoms with Crippen LogP contribution in [0.25, 0.3) is 0 Å². The van der Waals surface area contributed by atoms with Crippen LogP contribution in [0.3, 0.4) is 0 Å². The Morgan fingerprint density at radius 1 is 1.59 bits per heavy atom. The van der Waals surface area contributed by atoms with Gasteiger partial charge >= 0.3 is 20.1 Å². The Balaban J connectivity index is 2.12. The van der Waals surface area contributed by atoms with E-state index in [0.29, 0.717) is 11.3 Å². The number of halogens is 1. The second-order valence-corrected chi connectivity index (χ2v) is 5.78. The van der Waals surface area contributed by atoms with E-state index in [4.69, 9.17) is 24.4 Å². The zero-order chi connectivity index (χ0) is 16.3. The van der Waals surface area contributed by atoms with E-state index in [1.54, 1.807) is 0 Å². The lowest BCUT2D eigenvalue weighted by Crippen LogP contribution is -2.70. The molecular formula is C12H12BClN2O5S. The Kier molecular flexibility index (Phi) is 5.41. The summed E-state index contributed by atoms with van der Waals surface area (Å²) in [5.41, 5.74) is 0.600. The summed E-state index contributed by atoms with van der Waals surface area (Å²) in [6.45, 7) is 3.45. The third-order valence-electron chi connectivity index (χ3n) is 3.11. The summed E-state index contributed by atoms with van der Waals surface area (Å²) in [7, 11) is 4.90. The van der Waals surface area contributed by atoms with Crippen molar-refractivity contribution in [2.75, 3.05) is 18.2 Å². The standard InChI is InChI=1S/C12H12BClN2O5S/c1-2-3-20-12(19)15-7-9(17)16-8(11(18)21-13)6(4-14)5-22-10(7)16/h2,7,10H,1,3-5H2,(H,15,19)/t7-,10-/m1/s1. The van der Waals surface area contributed by atoms with Crippen LogP contribution in [-0.4, -0.2) is 60.6 Å². The van der Waals surface area contributed by atoms with Gasteiger partial charge in [0.2, 0.25) is 0 Å². The first-order chi connectivity index (χ1) is 10.5. The van der Waals surface area contributed by atoms with Gasteiger partial charge in [-0.15, -0.1) is 23.4 Å². The van der Waals surface area contributed by atoms with E-state index >= 15 is 0 Å². The van der Waals surface area contributed by atoms with Crippen LogP contribution in [-0.2, 0) is 19.0 Å². The molecule has 2 rings (SSSR count). The van der Waals surface area contributed by atoms with Gasteiger partial charge in [-0.1, -0.05) is 12.7 Å². The summed E-state index contributed by atoms with van der Waals surface area (Å²) >= 11 is 7.16. The van der Waals surface area contributed by atoms with Gasteiger partial charge in [0.15, 0.2) is 0 Å². The Bertz CT molecular complexity index is 556. The van der Waals surface area contributed by atoms with Gasteiger partial charge in [0.05, 0.1) is 0 Å². The molecule has 0 bridgehead atoms. The van der Waals surface area contributed by atoms with Crippen LogP contribution >= 0.6 is 23.4 Å². The molecule has 116 valence electrons. The molecule has 2 aliphatic rings. The highest BCUT2D eigenvalue weighted by atomic mass is 35.5. The first-order valence-corrected chi connectivity index (χ1v) is 7.81. The van der Waals surface area contributed by atoms with Crippen molar-refractivity contribution in [3.63, 3.8) is 0 Å². The number of amides is 2. The van der Waals surface area contributed by atoms with Gasteiger partial charge in [-0.3, -0.25) is 9.69 Å². The quantitative estimate of drug-likeness (QED) is 0.335. The second-order valence-electron chi connectivity index (χ2n) is 4.41. The Labute approximate surface area is 137 Å². The van der Waals surface area contributed by atoms with E-state index in [1.807, 2.05) is 0 Å². The molecule has 1 fully saturated rings. The van der Waals surface area contributed by atoms with E-state index in [-0.39, 0.29) is 18.2 Å². The van der Waals surface area contributed by atoms with E-state index in [0.717, 1.165) is 0 Å². The van der Waals surface area contributed by atoms with Crippen molar-refractivity contribution in [2.24, 2.45) is 0 Å². The van der Waals surface area contributed by atoms with Crippen LogP contribution < -0.4 is 5.32 Å². The van der Waals surface area contributed by atoms with Crippen molar-refractivity contribution in [2.45, 2.75) is 11.4 Å². The third-order valence-corrected chi connectivity index (χ3v) is 4.78. The number of ether oxygens (including phenoxy) is 1. The van der Waals surface area contributed by atoms with E-state index in [9.17, 15) is 14.4 Å². The number of nitrogens with one attached hydrogen (secondary N) is 1. The lowest BCUT2D eigenvalue weighted by Gasteiger charge is -2.49. The van der Waals surface area contributed by atoms with Gasteiger partial charge in [-0.2, -0.15) is 0 Å². The number of alkyl halides is 1. The monoisotopic (exact) mass is 342 g/mol. The third kappa shape index (κ3) is 2.96. The van der Waals surface area contributed by atoms with Crippen LogP contribution in [0.4, 0.5) is 4.79 Å². The topological polar surface area (TPSA) is 84.9 Å². The molecule has 0 saturated carbocycles. The van der Waals surface area contributed by atoms with Gasteiger partial charge in [0, 0.05) is 11.6 Å². The molecule has 22 heavy (non-hydrogen) atoms. The molecule has 2 amide bonds. The average Bonchev–Trinajstić information content (AvgIpc) is 2.55. The number of hydrogen-bond donors (Lipinski definition) is 1. The SMILES string of the molecule is [B]OC(=O)C1=C(CCl)CS[C@@H]2[C@H](NC(=O)OCC=C)C(=O)N12. The van der Waals surface area contributed by atoms with Crippen molar-refractivity contribution in [3.8, 4) is 0 Å². The number of rotatable bonds is 5. The van der Waals surface area contributed by atoms with Crippen molar-refractivity contribution >= 4 is 49.4 Å². The van der Waals surface area contributed by atoms with Gasteiger partial charge in [-0.05, 0) is 5.57 Å². The molecule has 2 heterocycles. The van der Waals surface area contributed by atoms with Crippen LogP contribution in [0.1, 0.15) is 0 Å². The largest absolute Gasteiger partial charge is 0.539 e. The Morgan fingerprint density at radius 2 is 2.32 bits per heavy atom. The molecule has 1 saturated heterocycles. The van der Waals surface area contributed by atoms with Crippen LogP contribution in [0.15, 0.2) is 23.9 Å². The van der Waals surface area contributed by atoms with Crippen molar-refractivity contribution in [1.82, 2.24) is 10.2 Å². The number of alkyl carbamates (subject to hydrolysis) is 1. The summed E-state index contributed by atoms with van der Waals surface area (Å²) in [5, 5.41) is 2.02. The zero-order valence-electron chi connectivity index (χ0n) is 11.4. The van der Waals surface area contributed by atoms with Crippen LogP contribution in [0, 0.1) is 0 Å². The fourth-order valence-electron chi connectivity index (χ4n) is 2.13. The molecule has 0 aromatic carbocycles. The molecule has 0 aromatic rings. The molecule has 0 aromatic heterocycles. The maximum atomic E-state index is 12.2.